The van der Waals surface area contributed by atoms with E-state index in [4.69, 9.17) is 0 Å². The summed E-state index contributed by atoms with van der Waals surface area (Å²) in [6, 6.07) is 6.69. The SMILES string of the molecule is O=S1(=O)CCC[C@H](O)c2ccccc21. The number of hydrogen-bond acceptors (Lipinski definition) is 3. The fourth-order valence-corrected chi connectivity index (χ4v) is 3.39. The molecule has 1 aliphatic heterocycles. The third kappa shape index (κ3) is 1.55. The lowest BCUT2D eigenvalue weighted by molar-refractivity contribution is 0.165. The Hall–Kier alpha value is -0.870. The molecule has 1 aliphatic rings. The second-order valence-electron chi connectivity index (χ2n) is 3.51. The van der Waals surface area contributed by atoms with Gasteiger partial charge in [-0.25, -0.2) is 8.42 Å². The highest BCUT2D eigenvalue weighted by Gasteiger charge is 2.25. The average molecular weight is 212 g/mol. The number of sulfone groups is 1. The highest BCUT2D eigenvalue weighted by molar-refractivity contribution is 7.91. The third-order valence-corrected chi connectivity index (χ3v) is 4.37. The van der Waals surface area contributed by atoms with Crippen molar-refractivity contribution in [2.45, 2.75) is 23.8 Å². The van der Waals surface area contributed by atoms with Crippen molar-refractivity contribution in [3.05, 3.63) is 29.8 Å². The molecule has 2 rings (SSSR count). The van der Waals surface area contributed by atoms with Crippen LogP contribution in [0.2, 0.25) is 0 Å². The summed E-state index contributed by atoms with van der Waals surface area (Å²) in [6.45, 7) is 0. The minimum absolute atomic E-state index is 0.140. The molecule has 0 bridgehead atoms. The van der Waals surface area contributed by atoms with Crippen molar-refractivity contribution < 1.29 is 13.5 Å². The van der Waals surface area contributed by atoms with E-state index in [9.17, 15) is 13.5 Å². The highest BCUT2D eigenvalue weighted by atomic mass is 32.2. The molecule has 3 nitrogen and oxygen atoms in total. The normalized spacial score (nSPS) is 25.1. The molecule has 0 unspecified atom stereocenters. The molecule has 1 atom stereocenters. The van der Waals surface area contributed by atoms with Crippen LogP contribution in [-0.2, 0) is 9.84 Å². The van der Waals surface area contributed by atoms with Crippen LogP contribution in [-0.4, -0.2) is 19.3 Å². The van der Waals surface area contributed by atoms with E-state index >= 15 is 0 Å². The number of aliphatic hydroxyl groups is 1. The van der Waals surface area contributed by atoms with Crippen LogP contribution in [0.5, 0.6) is 0 Å². The number of benzene rings is 1. The van der Waals surface area contributed by atoms with Gasteiger partial charge in [-0.15, -0.1) is 0 Å². The van der Waals surface area contributed by atoms with Crippen molar-refractivity contribution >= 4 is 9.84 Å². The van der Waals surface area contributed by atoms with Crippen LogP contribution in [0.1, 0.15) is 24.5 Å². The molecule has 1 N–H and O–H groups in total. The number of rotatable bonds is 0. The van der Waals surface area contributed by atoms with Crippen molar-refractivity contribution in [3.63, 3.8) is 0 Å². The molecular weight excluding hydrogens is 200 g/mol. The van der Waals surface area contributed by atoms with Crippen LogP contribution in [0.4, 0.5) is 0 Å². The van der Waals surface area contributed by atoms with Crippen LogP contribution >= 0.6 is 0 Å². The predicted octanol–water partition coefficient (Wildman–Crippen LogP) is 1.29. The van der Waals surface area contributed by atoms with Gasteiger partial charge >= 0.3 is 0 Å². The molecule has 0 saturated heterocycles. The van der Waals surface area contributed by atoms with Gasteiger partial charge in [-0.05, 0) is 24.5 Å². The lowest BCUT2D eigenvalue weighted by Crippen LogP contribution is -2.06. The summed E-state index contributed by atoms with van der Waals surface area (Å²) in [7, 11) is -3.17. The molecule has 1 heterocycles. The maximum absolute atomic E-state index is 11.7. The van der Waals surface area contributed by atoms with E-state index in [0.29, 0.717) is 23.3 Å². The van der Waals surface area contributed by atoms with E-state index in [-0.39, 0.29) is 5.75 Å². The Bertz CT molecular complexity index is 436. The highest BCUT2D eigenvalue weighted by Crippen LogP contribution is 2.30. The maximum atomic E-state index is 11.7. The van der Waals surface area contributed by atoms with E-state index in [1.807, 2.05) is 0 Å². The second kappa shape index (κ2) is 3.37. The van der Waals surface area contributed by atoms with Gasteiger partial charge < -0.3 is 5.11 Å². The van der Waals surface area contributed by atoms with Crippen molar-refractivity contribution in [2.24, 2.45) is 0 Å². The first-order valence-corrected chi connectivity index (χ1v) is 6.26. The first kappa shape index (κ1) is 9.68. The number of hydrogen-bond donors (Lipinski definition) is 1. The molecule has 0 amide bonds. The molecule has 0 radical (unpaired) electrons. The van der Waals surface area contributed by atoms with Crippen molar-refractivity contribution in [3.8, 4) is 0 Å². The van der Waals surface area contributed by atoms with Gasteiger partial charge in [0, 0.05) is 0 Å². The maximum Gasteiger partial charge on any atom is 0.178 e. The quantitative estimate of drug-likeness (QED) is 0.705. The summed E-state index contributed by atoms with van der Waals surface area (Å²) < 4.78 is 23.5. The van der Waals surface area contributed by atoms with Crippen LogP contribution < -0.4 is 0 Å². The van der Waals surface area contributed by atoms with Gasteiger partial charge in [0.25, 0.3) is 0 Å². The Morgan fingerprint density at radius 1 is 1.29 bits per heavy atom. The zero-order valence-electron chi connectivity index (χ0n) is 7.68. The van der Waals surface area contributed by atoms with Crippen LogP contribution in [0.15, 0.2) is 29.2 Å². The van der Waals surface area contributed by atoms with Gasteiger partial charge in [0.2, 0.25) is 0 Å². The molecule has 14 heavy (non-hydrogen) atoms. The van der Waals surface area contributed by atoms with Crippen LogP contribution in [0.3, 0.4) is 0 Å². The molecule has 0 fully saturated rings. The first-order valence-electron chi connectivity index (χ1n) is 4.61. The van der Waals surface area contributed by atoms with Crippen LogP contribution in [0, 0.1) is 0 Å². The lowest BCUT2D eigenvalue weighted by atomic mass is 10.1. The van der Waals surface area contributed by atoms with E-state index in [0.717, 1.165) is 0 Å². The molecule has 0 aromatic heterocycles. The fourth-order valence-electron chi connectivity index (χ4n) is 1.77. The van der Waals surface area contributed by atoms with Crippen molar-refractivity contribution in [1.29, 1.82) is 0 Å². The van der Waals surface area contributed by atoms with Gasteiger partial charge in [0.1, 0.15) is 0 Å². The Morgan fingerprint density at radius 3 is 2.79 bits per heavy atom. The minimum Gasteiger partial charge on any atom is -0.388 e. The second-order valence-corrected chi connectivity index (χ2v) is 5.59. The summed E-state index contributed by atoms with van der Waals surface area (Å²) in [5, 5.41) is 9.71. The molecule has 0 saturated carbocycles. The topological polar surface area (TPSA) is 54.4 Å². The Kier molecular flexibility index (Phi) is 2.33. The molecule has 0 spiro atoms. The van der Waals surface area contributed by atoms with Crippen molar-refractivity contribution in [2.75, 3.05) is 5.75 Å². The summed E-state index contributed by atoms with van der Waals surface area (Å²) in [6.07, 6.45) is 0.414. The van der Waals surface area contributed by atoms with E-state index < -0.39 is 15.9 Å². The summed E-state index contributed by atoms with van der Waals surface area (Å²) in [5.74, 6) is 0.140. The molecule has 4 heteroatoms. The standard InChI is InChI=1S/C10H12O3S/c11-9-5-3-7-14(12,13)10-6-2-1-4-8(9)10/h1-2,4,6,9,11H,3,5,7H2/t9-/m0/s1. The molecule has 76 valence electrons. The molecule has 0 aliphatic carbocycles. The van der Waals surface area contributed by atoms with E-state index in [1.165, 1.54) is 0 Å². The Labute approximate surface area is 83.3 Å². The number of aliphatic hydroxyl groups excluding tert-OH is 1. The summed E-state index contributed by atoms with van der Waals surface area (Å²) in [5.41, 5.74) is 0.546. The largest absolute Gasteiger partial charge is 0.388 e. The predicted molar refractivity (Wildman–Crippen MR) is 52.7 cm³/mol. The lowest BCUT2D eigenvalue weighted by Gasteiger charge is -2.09. The summed E-state index contributed by atoms with van der Waals surface area (Å²) in [4.78, 5) is 0.296. The van der Waals surface area contributed by atoms with Crippen LogP contribution in [0.25, 0.3) is 0 Å². The Balaban J connectivity index is 2.65. The Morgan fingerprint density at radius 2 is 2.00 bits per heavy atom. The zero-order chi connectivity index (χ0) is 10.2. The van der Waals surface area contributed by atoms with Gasteiger partial charge in [0.05, 0.1) is 16.8 Å². The van der Waals surface area contributed by atoms with Gasteiger partial charge in [0.15, 0.2) is 9.84 Å². The monoisotopic (exact) mass is 212 g/mol. The molecular formula is C10H12O3S. The van der Waals surface area contributed by atoms with Gasteiger partial charge in [-0.1, -0.05) is 18.2 Å². The van der Waals surface area contributed by atoms with Crippen molar-refractivity contribution in [1.82, 2.24) is 0 Å². The fraction of sp³-hybridized carbons (Fsp3) is 0.400. The molecule has 1 aromatic carbocycles. The van der Waals surface area contributed by atoms with E-state index in [2.05, 4.69) is 0 Å². The first-order chi connectivity index (χ1) is 6.61. The number of fused-ring (bicyclic) bond motifs is 1. The summed E-state index contributed by atoms with van der Waals surface area (Å²) >= 11 is 0. The van der Waals surface area contributed by atoms with Gasteiger partial charge in [-0.2, -0.15) is 0 Å². The minimum atomic E-state index is -3.17. The van der Waals surface area contributed by atoms with E-state index in [1.54, 1.807) is 24.3 Å². The molecule has 1 aromatic rings. The third-order valence-electron chi connectivity index (χ3n) is 2.50. The smallest absolute Gasteiger partial charge is 0.178 e. The zero-order valence-corrected chi connectivity index (χ0v) is 8.50. The van der Waals surface area contributed by atoms with Gasteiger partial charge in [-0.3, -0.25) is 0 Å². The average Bonchev–Trinajstić information content (AvgIpc) is 2.27.